The van der Waals surface area contributed by atoms with Crippen LogP contribution in [0.4, 0.5) is 0 Å². The van der Waals surface area contributed by atoms with E-state index in [1.54, 1.807) is 0 Å². The van der Waals surface area contributed by atoms with E-state index >= 15 is 0 Å². The largest absolute Gasteiger partial charge is 0.454 e. The molecular formula is C10H15NO6S. The zero-order valence-electron chi connectivity index (χ0n) is 9.74. The van der Waals surface area contributed by atoms with Crippen LogP contribution < -0.4 is 15.2 Å². The topological polar surface area (TPSA) is 119 Å². The Morgan fingerprint density at radius 3 is 2.44 bits per heavy atom. The van der Waals surface area contributed by atoms with Crippen molar-refractivity contribution in [1.82, 2.24) is 0 Å². The molecule has 0 aromatic heterocycles. The van der Waals surface area contributed by atoms with Gasteiger partial charge in [-0.2, -0.15) is 8.42 Å². The van der Waals surface area contributed by atoms with Crippen molar-refractivity contribution in [1.29, 1.82) is 0 Å². The molecule has 0 saturated heterocycles. The monoisotopic (exact) mass is 277 g/mol. The fraction of sp³-hybridized carbons (Fsp3) is 0.400. The lowest BCUT2D eigenvalue weighted by Gasteiger charge is -2.05. The molecule has 2 rings (SSSR count). The van der Waals surface area contributed by atoms with Crippen LogP contribution in [0.25, 0.3) is 0 Å². The minimum atomic E-state index is -4.67. The average Bonchev–Trinajstić information content (AvgIpc) is 2.60. The highest BCUT2D eigenvalue weighted by molar-refractivity contribution is 7.79. The van der Waals surface area contributed by atoms with Crippen molar-refractivity contribution in [2.24, 2.45) is 5.73 Å². The molecule has 4 N–H and O–H groups in total. The molecular weight excluding hydrogens is 262 g/mol. The number of nitrogens with two attached hydrogens (primary N) is 1. The number of hydrogen-bond donors (Lipinski definition) is 3. The number of hydrogen-bond acceptors (Lipinski definition) is 5. The molecule has 0 fully saturated rings. The highest BCUT2D eigenvalue weighted by atomic mass is 32.3. The Kier molecular flexibility index (Phi) is 4.91. The molecule has 1 atom stereocenters. The molecule has 1 aromatic carbocycles. The summed E-state index contributed by atoms with van der Waals surface area (Å²) in [4.78, 5) is 0. The normalized spacial score (nSPS) is 14.7. The highest BCUT2D eigenvalue weighted by Crippen LogP contribution is 2.32. The summed E-state index contributed by atoms with van der Waals surface area (Å²) in [6.07, 6.45) is 0.872. The average molecular weight is 277 g/mol. The first-order valence-corrected chi connectivity index (χ1v) is 6.49. The lowest BCUT2D eigenvalue weighted by Crippen LogP contribution is -2.17. The van der Waals surface area contributed by atoms with Gasteiger partial charge in [-0.1, -0.05) is 6.07 Å². The van der Waals surface area contributed by atoms with Crippen molar-refractivity contribution in [3.63, 3.8) is 0 Å². The summed E-state index contributed by atoms with van der Waals surface area (Å²) >= 11 is 0. The third kappa shape index (κ3) is 5.82. The van der Waals surface area contributed by atoms with Crippen molar-refractivity contribution < 1.29 is 27.0 Å². The smallest absolute Gasteiger partial charge is 0.394 e. The van der Waals surface area contributed by atoms with Crippen molar-refractivity contribution in [2.75, 3.05) is 6.79 Å². The Hall–Kier alpha value is -1.35. The molecule has 0 aliphatic carbocycles. The van der Waals surface area contributed by atoms with E-state index in [1.165, 1.54) is 5.56 Å². The minimum Gasteiger partial charge on any atom is -0.454 e. The van der Waals surface area contributed by atoms with Gasteiger partial charge in [0.05, 0.1) is 0 Å². The highest BCUT2D eigenvalue weighted by Gasteiger charge is 2.13. The van der Waals surface area contributed by atoms with Crippen LogP contribution in [0.2, 0.25) is 0 Å². The first-order chi connectivity index (χ1) is 8.25. The molecule has 0 saturated carbocycles. The molecule has 0 spiro atoms. The molecule has 1 heterocycles. The van der Waals surface area contributed by atoms with Crippen LogP contribution >= 0.6 is 0 Å². The zero-order chi connectivity index (χ0) is 13.8. The maximum atomic E-state index is 8.74. The fourth-order valence-corrected chi connectivity index (χ4v) is 1.44. The van der Waals surface area contributed by atoms with Gasteiger partial charge in [0.1, 0.15) is 0 Å². The molecule has 1 aliphatic heterocycles. The standard InChI is InChI=1S/C10H13NO2.H2O4S/c1-7(11)4-8-2-3-9-10(5-8)13-6-12-9;1-5(2,3)4/h2-3,5,7H,4,6,11H2,1H3;(H2,1,2,3,4). The van der Waals surface area contributed by atoms with Crippen LogP contribution in [0.5, 0.6) is 11.5 Å². The van der Waals surface area contributed by atoms with Gasteiger partial charge in [0, 0.05) is 6.04 Å². The van der Waals surface area contributed by atoms with Crippen LogP contribution in [0.15, 0.2) is 18.2 Å². The lowest BCUT2D eigenvalue weighted by atomic mass is 10.1. The molecule has 18 heavy (non-hydrogen) atoms. The molecule has 7 nitrogen and oxygen atoms in total. The quantitative estimate of drug-likeness (QED) is 0.679. The van der Waals surface area contributed by atoms with Crippen LogP contribution in [0.1, 0.15) is 12.5 Å². The van der Waals surface area contributed by atoms with E-state index < -0.39 is 10.4 Å². The van der Waals surface area contributed by atoms with Crippen molar-refractivity contribution >= 4 is 10.4 Å². The zero-order valence-corrected chi connectivity index (χ0v) is 10.6. The fourth-order valence-electron chi connectivity index (χ4n) is 1.44. The SMILES string of the molecule is CC(N)Cc1ccc2c(c1)OCO2.O=S(=O)(O)O. The van der Waals surface area contributed by atoms with E-state index in [0.717, 1.165) is 17.9 Å². The van der Waals surface area contributed by atoms with Gasteiger partial charge in [0.2, 0.25) is 6.79 Å². The van der Waals surface area contributed by atoms with E-state index in [4.69, 9.17) is 32.7 Å². The molecule has 1 aromatic rings. The van der Waals surface area contributed by atoms with Gasteiger partial charge < -0.3 is 15.2 Å². The molecule has 8 heteroatoms. The Bertz CT molecular complexity index is 491. The predicted octanol–water partition coefficient (Wildman–Crippen LogP) is 0.652. The summed E-state index contributed by atoms with van der Waals surface area (Å²) in [6, 6.07) is 6.13. The van der Waals surface area contributed by atoms with Gasteiger partial charge in [0.25, 0.3) is 0 Å². The van der Waals surface area contributed by atoms with Crippen molar-refractivity contribution in [3.8, 4) is 11.5 Å². The summed E-state index contributed by atoms with van der Waals surface area (Å²) in [5.74, 6) is 1.66. The maximum Gasteiger partial charge on any atom is 0.394 e. The first-order valence-electron chi connectivity index (χ1n) is 5.09. The lowest BCUT2D eigenvalue weighted by molar-refractivity contribution is 0.174. The van der Waals surface area contributed by atoms with Crippen LogP contribution in [0, 0.1) is 0 Å². The van der Waals surface area contributed by atoms with Gasteiger partial charge in [0.15, 0.2) is 11.5 Å². The molecule has 102 valence electrons. The van der Waals surface area contributed by atoms with Gasteiger partial charge in [-0.15, -0.1) is 0 Å². The molecule has 1 aliphatic rings. The summed E-state index contributed by atoms with van der Waals surface area (Å²) in [6.45, 7) is 2.32. The van der Waals surface area contributed by atoms with Crippen molar-refractivity contribution in [3.05, 3.63) is 23.8 Å². The summed E-state index contributed by atoms with van der Waals surface area (Å²) < 4.78 is 42.0. The molecule has 0 bridgehead atoms. The second-order valence-corrected chi connectivity index (χ2v) is 4.71. The van der Waals surface area contributed by atoms with Gasteiger partial charge in [-0.25, -0.2) is 0 Å². The molecule has 0 radical (unpaired) electrons. The summed E-state index contributed by atoms with van der Waals surface area (Å²) in [7, 11) is -4.67. The van der Waals surface area contributed by atoms with Gasteiger partial charge in [-0.05, 0) is 31.0 Å². The Morgan fingerprint density at radius 2 is 1.89 bits per heavy atom. The molecule has 1 unspecified atom stereocenters. The van der Waals surface area contributed by atoms with E-state index in [9.17, 15) is 0 Å². The number of fused-ring (bicyclic) bond motifs is 1. The van der Waals surface area contributed by atoms with Crippen molar-refractivity contribution in [2.45, 2.75) is 19.4 Å². The Labute approximate surface area is 105 Å². The van der Waals surface area contributed by atoms with E-state index in [2.05, 4.69) is 0 Å². The summed E-state index contributed by atoms with van der Waals surface area (Å²) in [5, 5.41) is 0. The third-order valence-corrected chi connectivity index (χ3v) is 1.99. The van der Waals surface area contributed by atoms with Gasteiger partial charge in [-0.3, -0.25) is 9.11 Å². The number of rotatable bonds is 2. The minimum absolute atomic E-state index is 0.181. The van der Waals surface area contributed by atoms with Crippen LogP contribution in [-0.2, 0) is 16.8 Å². The maximum absolute atomic E-state index is 8.74. The number of ether oxygens (including phenoxy) is 2. The Balaban J connectivity index is 0.000000280. The van der Waals surface area contributed by atoms with Gasteiger partial charge >= 0.3 is 10.4 Å². The summed E-state index contributed by atoms with van der Waals surface area (Å²) in [5.41, 5.74) is 6.89. The predicted molar refractivity (Wildman–Crippen MR) is 64.1 cm³/mol. The first kappa shape index (κ1) is 14.7. The van der Waals surface area contributed by atoms with E-state index in [0.29, 0.717) is 6.79 Å². The van der Waals surface area contributed by atoms with Crippen LogP contribution in [-0.4, -0.2) is 30.4 Å². The van der Waals surface area contributed by atoms with E-state index in [1.807, 2.05) is 25.1 Å². The second-order valence-electron chi connectivity index (χ2n) is 3.82. The van der Waals surface area contributed by atoms with E-state index in [-0.39, 0.29) is 6.04 Å². The number of benzene rings is 1. The molecule has 0 amide bonds. The third-order valence-electron chi connectivity index (χ3n) is 1.99. The van der Waals surface area contributed by atoms with Crippen LogP contribution in [0.3, 0.4) is 0 Å². The second kappa shape index (κ2) is 6.01. The Morgan fingerprint density at radius 1 is 1.33 bits per heavy atom.